The summed E-state index contributed by atoms with van der Waals surface area (Å²) in [7, 11) is 0. The minimum Gasteiger partial charge on any atom is -0.273 e. The van der Waals surface area contributed by atoms with Crippen LogP contribution in [-0.2, 0) is 11.2 Å². The molecule has 0 bridgehead atoms. The Labute approximate surface area is 141 Å². The van der Waals surface area contributed by atoms with Gasteiger partial charge in [-0.05, 0) is 23.8 Å². The van der Waals surface area contributed by atoms with Crippen LogP contribution in [0.2, 0.25) is 10.0 Å². The first-order chi connectivity index (χ1) is 10.1. The van der Waals surface area contributed by atoms with Crippen molar-refractivity contribution in [3.8, 4) is 0 Å². The van der Waals surface area contributed by atoms with Crippen molar-refractivity contribution in [2.24, 2.45) is 5.10 Å². The van der Waals surface area contributed by atoms with E-state index >= 15 is 0 Å². The van der Waals surface area contributed by atoms with Gasteiger partial charge in [0.25, 0.3) is 0 Å². The van der Waals surface area contributed by atoms with Gasteiger partial charge < -0.3 is 0 Å². The van der Waals surface area contributed by atoms with E-state index in [4.69, 9.17) is 23.2 Å². The highest BCUT2D eigenvalue weighted by Crippen LogP contribution is 2.24. The lowest BCUT2D eigenvalue weighted by molar-refractivity contribution is -0.120. The number of carbonyl (C=O) groups is 1. The fourth-order valence-corrected chi connectivity index (χ4v) is 2.24. The molecule has 0 aliphatic rings. The Morgan fingerprint density at radius 2 is 1.90 bits per heavy atom. The molecule has 108 valence electrons. The summed E-state index contributed by atoms with van der Waals surface area (Å²) in [6.45, 7) is 0. The SMILES string of the molecule is O=C(Cc1ccc(Br)cc1)N/N=C/c1cccc(Cl)c1Cl. The molecule has 0 aliphatic carbocycles. The maximum absolute atomic E-state index is 11.7. The van der Waals surface area contributed by atoms with Crippen LogP contribution < -0.4 is 5.43 Å². The first kappa shape index (κ1) is 16.0. The lowest BCUT2D eigenvalue weighted by Crippen LogP contribution is -2.19. The predicted octanol–water partition coefficient (Wildman–Crippen LogP) is 4.45. The highest BCUT2D eigenvalue weighted by Gasteiger charge is 2.03. The van der Waals surface area contributed by atoms with Crippen LogP contribution in [-0.4, -0.2) is 12.1 Å². The third-order valence-electron chi connectivity index (χ3n) is 2.65. The van der Waals surface area contributed by atoms with Gasteiger partial charge in [0, 0.05) is 10.0 Å². The van der Waals surface area contributed by atoms with Crippen LogP contribution in [0.5, 0.6) is 0 Å². The summed E-state index contributed by atoms with van der Waals surface area (Å²) in [6, 6.07) is 12.7. The van der Waals surface area contributed by atoms with Crippen molar-refractivity contribution in [2.45, 2.75) is 6.42 Å². The maximum atomic E-state index is 11.7. The molecular formula is C15H11BrCl2N2O. The van der Waals surface area contributed by atoms with Crippen LogP contribution in [0.15, 0.2) is 52.0 Å². The predicted molar refractivity (Wildman–Crippen MR) is 90.0 cm³/mol. The van der Waals surface area contributed by atoms with E-state index in [1.165, 1.54) is 6.21 Å². The number of hydrogen-bond acceptors (Lipinski definition) is 2. The van der Waals surface area contributed by atoms with Crippen molar-refractivity contribution >= 4 is 51.3 Å². The standard InChI is InChI=1S/C15H11BrCl2N2O/c16-12-6-4-10(5-7-12)8-14(21)20-19-9-11-2-1-3-13(17)15(11)18/h1-7,9H,8H2,(H,20,21)/b19-9+. The molecule has 0 radical (unpaired) electrons. The first-order valence-corrected chi connectivity index (χ1v) is 7.61. The Bertz CT molecular complexity index is 672. The summed E-state index contributed by atoms with van der Waals surface area (Å²) in [5, 5.41) is 4.73. The molecule has 0 spiro atoms. The summed E-state index contributed by atoms with van der Waals surface area (Å²) < 4.78 is 0.972. The molecular weight excluding hydrogens is 375 g/mol. The minimum absolute atomic E-state index is 0.202. The van der Waals surface area contributed by atoms with E-state index in [1.54, 1.807) is 18.2 Å². The maximum Gasteiger partial charge on any atom is 0.244 e. The number of nitrogens with one attached hydrogen (secondary N) is 1. The minimum atomic E-state index is -0.202. The first-order valence-electron chi connectivity index (χ1n) is 6.06. The number of rotatable bonds is 4. The topological polar surface area (TPSA) is 41.5 Å². The lowest BCUT2D eigenvalue weighted by Gasteiger charge is -2.02. The van der Waals surface area contributed by atoms with E-state index < -0.39 is 0 Å². The van der Waals surface area contributed by atoms with Crippen molar-refractivity contribution in [1.29, 1.82) is 0 Å². The van der Waals surface area contributed by atoms with Gasteiger partial charge in [-0.15, -0.1) is 0 Å². The van der Waals surface area contributed by atoms with Crippen LogP contribution in [0.1, 0.15) is 11.1 Å². The van der Waals surface area contributed by atoms with E-state index in [-0.39, 0.29) is 12.3 Å². The average molecular weight is 386 g/mol. The molecule has 0 aromatic heterocycles. The van der Waals surface area contributed by atoms with Crippen molar-refractivity contribution in [2.75, 3.05) is 0 Å². The van der Waals surface area contributed by atoms with E-state index in [9.17, 15) is 4.79 Å². The summed E-state index contributed by atoms with van der Waals surface area (Å²) in [5.41, 5.74) is 4.01. The molecule has 0 heterocycles. The number of amides is 1. The number of halogens is 3. The Morgan fingerprint density at radius 3 is 2.62 bits per heavy atom. The molecule has 2 aromatic carbocycles. The fraction of sp³-hybridized carbons (Fsp3) is 0.0667. The molecule has 1 N–H and O–H groups in total. The molecule has 0 atom stereocenters. The smallest absolute Gasteiger partial charge is 0.244 e. The quantitative estimate of drug-likeness (QED) is 0.613. The van der Waals surface area contributed by atoms with E-state index in [0.717, 1.165) is 10.0 Å². The number of hydrazone groups is 1. The van der Waals surface area contributed by atoms with Crippen LogP contribution in [0.4, 0.5) is 0 Å². The second-order valence-corrected chi connectivity index (χ2v) is 5.94. The zero-order chi connectivity index (χ0) is 15.2. The van der Waals surface area contributed by atoms with Gasteiger partial charge in [0.1, 0.15) is 0 Å². The zero-order valence-corrected chi connectivity index (χ0v) is 13.9. The van der Waals surface area contributed by atoms with Crippen LogP contribution in [0.25, 0.3) is 0 Å². The summed E-state index contributed by atoms with van der Waals surface area (Å²) in [5.74, 6) is -0.202. The Kier molecular flexibility index (Phi) is 5.79. The van der Waals surface area contributed by atoms with Crippen LogP contribution in [0.3, 0.4) is 0 Å². The van der Waals surface area contributed by atoms with E-state index in [1.807, 2.05) is 24.3 Å². The second-order valence-electron chi connectivity index (χ2n) is 4.24. The summed E-state index contributed by atoms with van der Waals surface area (Å²) >= 11 is 15.2. The Hall–Kier alpha value is -1.36. The van der Waals surface area contributed by atoms with Crippen molar-refractivity contribution in [3.05, 3.63) is 68.1 Å². The zero-order valence-electron chi connectivity index (χ0n) is 10.8. The molecule has 2 rings (SSSR count). The molecule has 0 saturated carbocycles. The molecule has 6 heteroatoms. The van der Waals surface area contributed by atoms with Crippen molar-refractivity contribution < 1.29 is 4.79 Å². The molecule has 0 aliphatic heterocycles. The van der Waals surface area contributed by atoms with Gasteiger partial charge in [-0.25, -0.2) is 5.43 Å². The van der Waals surface area contributed by atoms with E-state index in [2.05, 4.69) is 26.5 Å². The Balaban J connectivity index is 1.93. The summed E-state index contributed by atoms with van der Waals surface area (Å²) in [4.78, 5) is 11.7. The van der Waals surface area contributed by atoms with Gasteiger partial charge in [-0.1, -0.05) is 63.4 Å². The highest BCUT2D eigenvalue weighted by atomic mass is 79.9. The van der Waals surface area contributed by atoms with Gasteiger partial charge in [0.05, 0.1) is 22.7 Å². The highest BCUT2D eigenvalue weighted by molar-refractivity contribution is 9.10. The average Bonchev–Trinajstić information content (AvgIpc) is 2.46. The molecule has 21 heavy (non-hydrogen) atoms. The van der Waals surface area contributed by atoms with Gasteiger partial charge >= 0.3 is 0 Å². The molecule has 1 amide bonds. The van der Waals surface area contributed by atoms with Gasteiger partial charge in [0.15, 0.2) is 0 Å². The van der Waals surface area contributed by atoms with Gasteiger partial charge in [-0.3, -0.25) is 4.79 Å². The lowest BCUT2D eigenvalue weighted by atomic mass is 10.1. The van der Waals surface area contributed by atoms with Crippen molar-refractivity contribution in [1.82, 2.24) is 5.43 Å². The molecule has 0 saturated heterocycles. The monoisotopic (exact) mass is 384 g/mol. The van der Waals surface area contributed by atoms with Crippen molar-refractivity contribution in [3.63, 3.8) is 0 Å². The summed E-state index contributed by atoms with van der Waals surface area (Å²) in [6.07, 6.45) is 1.72. The largest absolute Gasteiger partial charge is 0.273 e. The number of hydrogen-bond donors (Lipinski definition) is 1. The third-order valence-corrected chi connectivity index (χ3v) is 4.01. The van der Waals surface area contributed by atoms with E-state index in [0.29, 0.717) is 15.6 Å². The number of benzene rings is 2. The molecule has 3 nitrogen and oxygen atoms in total. The van der Waals surface area contributed by atoms with Gasteiger partial charge in [-0.2, -0.15) is 5.10 Å². The van der Waals surface area contributed by atoms with Gasteiger partial charge in [0.2, 0.25) is 5.91 Å². The Morgan fingerprint density at radius 1 is 1.19 bits per heavy atom. The third kappa shape index (κ3) is 4.84. The second kappa shape index (κ2) is 7.59. The fourth-order valence-electron chi connectivity index (χ4n) is 1.62. The molecule has 0 fully saturated rings. The number of nitrogens with zero attached hydrogens (tertiary/aromatic N) is 1. The normalized spacial score (nSPS) is 10.8. The number of carbonyl (C=O) groups excluding carboxylic acids is 1. The van der Waals surface area contributed by atoms with Crippen LogP contribution in [0, 0.1) is 0 Å². The molecule has 0 unspecified atom stereocenters. The van der Waals surface area contributed by atoms with Crippen LogP contribution >= 0.6 is 39.1 Å². The molecule has 2 aromatic rings.